The molecule has 100 valence electrons. The molecule has 2 heterocycles. The summed E-state index contributed by atoms with van der Waals surface area (Å²) in [6.45, 7) is 2.34. The Morgan fingerprint density at radius 2 is 2.26 bits per heavy atom. The van der Waals surface area contributed by atoms with Crippen LogP contribution in [0.3, 0.4) is 0 Å². The summed E-state index contributed by atoms with van der Waals surface area (Å²) in [5.41, 5.74) is 0.583. The fourth-order valence-electron chi connectivity index (χ4n) is 1.29. The summed E-state index contributed by atoms with van der Waals surface area (Å²) >= 11 is 6.36. The number of rotatable bonds is 3. The van der Waals surface area contributed by atoms with Gasteiger partial charge in [0.05, 0.1) is 12.8 Å². The molecule has 2 aromatic rings. The lowest BCUT2D eigenvalue weighted by Crippen LogP contribution is -2.26. The Kier molecular flexibility index (Phi) is 4.33. The lowest BCUT2D eigenvalue weighted by molar-refractivity contribution is 0.329. The number of aromatic nitrogens is 3. The lowest BCUT2D eigenvalue weighted by atomic mass is 10.3. The van der Waals surface area contributed by atoms with E-state index in [9.17, 15) is 4.39 Å². The third-order valence-corrected chi connectivity index (χ3v) is 3.64. The van der Waals surface area contributed by atoms with E-state index >= 15 is 0 Å². The molecule has 0 atom stereocenters. The van der Waals surface area contributed by atoms with Gasteiger partial charge in [0.2, 0.25) is 5.13 Å². The largest absolute Gasteiger partial charge is 0.471 e. The Labute approximate surface area is 119 Å². The zero-order chi connectivity index (χ0) is 13.8. The van der Waals surface area contributed by atoms with Gasteiger partial charge in [0.1, 0.15) is 5.82 Å². The van der Waals surface area contributed by atoms with Crippen LogP contribution >= 0.6 is 23.6 Å². The topological polar surface area (TPSA) is 51.1 Å². The zero-order valence-corrected chi connectivity index (χ0v) is 12.0. The maximum Gasteiger partial charge on any atom is 0.265 e. The van der Waals surface area contributed by atoms with E-state index in [4.69, 9.17) is 17.0 Å². The van der Waals surface area contributed by atoms with E-state index in [2.05, 4.69) is 15.2 Å². The summed E-state index contributed by atoms with van der Waals surface area (Å²) < 4.78 is 18.3. The normalized spacial score (nSPS) is 10.3. The van der Waals surface area contributed by atoms with Crippen molar-refractivity contribution in [2.24, 2.45) is 0 Å². The van der Waals surface area contributed by atoms with Crippen LogP contribution in [0.15, 0.2) is 18.5 Å². The summed E-state index contributed by atoms with van der Waals surface area (Å²) in [7, 11) is 1.74. The molecule has 8 heteroatoms. The average molecular weight is 298 g/mol. The third kappa shape index (κ3) is 3.21. The fraction of sp³-hybridized carbons (Fsp3) is 0.273. The van der Waals surface area contributed by atoms with Gasteiger partial charge in [-0.2, -0.15) is 0 Å². The van der Waals surface area contributed by atoms with Crippen LogP contribution in [0.2, 0.25) is 0 Å². The van der Waals surface area contributed by atoms with Crippen LogP contribution in [-0.4, -0.2) is 34.0 Å². The first-order chi connectivity index (χ1) is 9.11. The number of anilines is 1. The van der Waals surface area contributed by atoms with E-state index < -0.39 is 5.82 Å². The Bertz CT molecular complexity index is 590. The quantitative estimate of drug-likeness (QED) is 0.812. The first-order valence-electron chi connectivity index (χ1n) is 5.46. The van der Waals surface area contributed by atoms with Crippen molar-refractivity contribution in [3.05, 3.63) is 24.3 Å². The molecule has 0 unspecified atom stereocenters. The summed E-state index contributed by atoms with van der Waals surface area (Å²) in [6, 6.07) is 1.36. The minimum Gasteiger partial charge on any atom is -0.471 e. The molecule has 0 bridgehead atoms. The van der Waals surface area contributed by atoms with E-state index in [1.165, 1.54) is 23.6 Å². The van der Waals surface area contributed by atoms with Gasteiger partial charge < -0.3 is 4.74 Å². The molecule has 0 aromatic carbocycles. The lowest BCUT2D eigenvalue weighted by Gasteiger charge is -2.15. The van der Waals surface area contributed by atoms with Gasteiger partial charge in [0, 0.05) is 18.8 Å². The molecule has 0 spiro atoms. The van der Waals surface area contributed by atoms with Gasteiger partial charge in [-0.05, 0) is 25.2 Å². The number of pyridine rings is 1. The van der Waals surface area contributed by atoms with Gasteiger partial charge >= 0.3 is 0 Å². The predicted molar refractivity (Wildman–Crippen MR) is 75.7 cm³/mol. The minimum atomic E-state index is -0.410. The fourth-order valence-corrected chi connectivity index (χ4v) is 2.34. The maximum atomic E-state index is 13.1. The maximum absolute atomic E-state index is 13.1. The van der Waals surface area contributed by atoms with Crippen LogP contribution in [-0.2, 0) is 4.74 Å². The van der Waals surface area contributed by atoms with Crippen LogP contribution in [0.25, 0.3) is 10.6 Å². The Morgan fingerprint density at radius 1 is 1.47 bits per heavy atom. The number of thiocarbonyl (C=S) groups is 1. The summed E-state index contributed by atoms with van der Waals surface area (Å²) in [6.07, 6.45) is 2.68. The number of hydrogen-bond acceptors (Lipinski definition) is 6. The molecule has 0 aliphatic carbocycles. The first kappa shape index (κ1) is 13.8. The smallest absolute Gasteiger partial charge is 0.265 e. The van der Waals surface area contributed by atoms with E-state index in [1.807, 2.05) is 6.92 Å². The van der Waals surface area contributed by atoms with Crippen molar-refractivity contribution in [1.29, 1.82) is 0 Å². The van der Waals surface area contributed by atoms with Crippen molar-refractivity contribution in [2.75, 3.05) is 18.6 Å². The molecule has 0 aliphatic rings. The second kappa shape index (κ2) is 5.98. The van der Waals surface area contributed by atoms with E-state index in [1.54, 1.807) is 11.9 Å². The van der Waals surface area contributed by atoms with E-state index in [-0.39, 0.29) is 0 Å². The Morgan fingerprint density at radius 3 is 2.95 bits per heavy atom. The van der Waals surface area contributed by atoms with Crippen LogP contribution in [0, 0.1) is 5.82 Å². The van der Waals surface area contributed by atoms with Crippen molar-refractivity contribution in [2.45, 2.75) is 6.92 Å². The number of ether oxygens (including phenoxy) is 1. The molecule has 19 heavy (non-hydrogen) atoms. The molecule has 5 nitrogen and oxygen atoms in total. The van der Waals surface area contributed by atoms with Crippen molar-refractivity contribution in [3.63, 3.8) is 0 Å². The van der Waals surface area contributed by atoms with Crippen LogP contribution in [0.4, 0.5) is 9.52 Å². The van der Waals surface area contributed by atoms with Crippen molar-refractivity contribution < 1.29 is 9.13 Å². The Balaban J connectivity index is 2.21. The van der Waals surface area contributed by atoms with Crippen molar-refractivity contribution >= 4 is 33.9 Å². The number of halogens is 1. The molecule has 0 aliphatic heterocycles. The predicted octanol–water partition coefficient (Wildman–Crippen LogP) is 2.50. The Hall–Kier alpha value is -1.67. The van der Waals surface area contributed by atoms with Gasteiger partial charge in [-0.15, -0.1) is 10.2 Å². The summed E-state index contributed by atoms with van der Waals surface area (Å²) in [5, 5.41) is 9.48. The second-order valence-corrected chi connectivity index (χ2v) is 4.84. The zero-order valence-electron chi connectivity index (χ0n) is 10.3. The standard InChI is InChI=1S/C11H11FN4OS2/c1-3-17-11(18)16(2)10-15-14-9(19-10)7-4-8(12)6-13-5-7/h4-6H,3H2,1-2H3. The highest BCUT2D eigenvalue weighted by atomic mass is 32.1. The molecule has 0 N–H and O–H groups in total. The highest BCUT2D eigenvalue weighted by molar-refractivity contribution is 7.80. The average Bonchev–Trinajstić information content (AvgIpc) is 2.87. The van der Waals surface area contributed by atoms with Gasteiger partial charge in [-0.25, -0.2) is 4.39 Å². The second-order valence-electron chi connectivity index (χ2n) is 3.54. The monoisotopic (exact) mass is 298 g/mol. The molecule has 0 fully saturated rings. The van der Waals surface area contributed by atoms with Crippen LogP contribution in [0.5, 0.6) is 0 Å². The highest BCUT2D eigenvalue weighted by Gasteiger charge is 2.14. The van der Waals surface area contributed by atoms with Gasteiger partial charge in [-0.1, -0.05) is 11.3 Å². The first-order valence-corrected chi connectivity index (χ1v) is 6.69. The van der Waals surface area contributed by atoms with Crippen LogP contribution in [0.1, 0.15) is 6.92 Å². The van der Waals surface area contributed by atoms with Gasteiger partial charge in [0.15, 0.2) is 5.01 Å². The molecule has 0 amide bonds. The number of hydrogen-bond donors (Lipinski definition) is 0. The molecular weight excluding hydrogens is 287 g/mol. The van der Waals surface area contributed by atoms with Crippen molar-refractivity contribution in [3.8, 4) is 10.6 Å². The molecule has 2 aromatic heterocycles. The molecule has 0 saturated heterocycles. The van der Waals surface area contributed by atoms with Gasteiger partial charge in [0.25, 0.3) is 5.17 Å². The van der Waals surface area contributed by atoms with E-state index in [0.29, 0.717) is 27.5 Å². The molecule has 0 radical (unpaired) electrons. The molecular formula is C11H11FN4OS2. The minimum absolute atomic E-state index is 0.322. The highest BCUT2D eigenvalue weighted by Crippen LogP contribution is 2.28. The number of nitrogens with zero attached hydrogens (tertiary/aromatic N) is 4. The van der Waals surface area contributed by atoms with Crippen molar-refractivity contribution in [1.82, 2.24) is 15.2 Å². The van der Waals surface area contributed by atoms with E-state index in [0.717, 1.165) is 6.20 Å². The molecule has 2 rings (SSSR count). The SMILES string of the molecule is CCOC(=S)N(C)c1nnc(-c2cncc(F)c2)s1. The third-order valence-electron chi connectivity index (χ3n) is 2.19. The summed E-state index contributed by atoms with van der Waals surface area (Å²) in [4.78, 5) is 5.40. The van der Waals surface area contributed by atoms with Gasteiger partial charge in [-0.3, -0.25) is 9.88 Å². The summed E-state index contributed by atoms with van der Waals surface area (Å²) in [5.74, 6) is -0.410. The van der Waals surface area contributed by atoms with Crippen LogP contribution < -0.4 is 4.90 Å². The molecule has 0 saturated carbocycles.